The number of para-hydroxylation sites is 1. The Morgan fingerprint density at radius 3 is 2.55 bits per heavy atom. The summed E-state index contributed by atoms with van der Waals surface area (Å²) in [7, 11) is 1.69. The van der Waals surface area contributed by atoms with Gasteiger partial charge in [-0.2, -0.15) is 4.57 Å². The summed E-state index contributed by atoms with van der Waals surface area (Å²) in [6.45, 7) is 7.35. The van der Waals surface area contributed by atoms with Crippen molar-refractivity contribution in [3.63, 3.8) is 0 Å². The second kappa shape index (κ2) is 5.84. The minimum atomic E-state index is 0.833. The van der Waals surface area contributed by atoms with Gasteiger partial charge in [0.15, 0.2) is 6.54 Å². The van der Waals surface area contributed by atoms with E-state index in [1.807, 2.05) is 24.3 Å². The predicted molar refractivity (Wildman–Crippen MR) is 88.2 cm³/mol. The van der Waals surface area contributed by atoms with Gasteiger partial charge in [-0.15, -0.1) is 0 Å². The summed E-state index contributed by atoms with van der Waals surface area (Å²) in [5.74, 6) is 1.69. The monoisotopic (exact) mass is 296 g/mol. The fourth-order valence-electron chi connectivity index (χ4n) is 2.80. The molecule has 3 aromatic rings. The lowest BCUT2D eigenvalue weighted by atomic mass is 10.1. The molecule has 22 heavy (non-hydrogen) atoms. The maximum absolute atomic E-state index is 6.20. The van der Waals surface area contributed by atoms with Gasteiger partial charge in [-0.25, -0.2) is 0 Å². The predicted octanol–water partition coefficient (Wildman–Crippen LogP) is 4.42. The van der Waals surface area contributed by atoms with Crippen LogP contribution in [-0.4, -0.2) is 7.11 Å². The largest absolute Gasteiger partial charge is 0.496 e. The molecule has 114 valence electrons. The lowest BCUT2D eigenvalue weighted by molar-refractivity contribution is -0.664. The molecule has 0 radical (unpaired) electrons. The molecule has 3 rings (SSSR count). The van der Waals surface area contributed by atoms with Crippen LogP contribution in [0.15, 0.2) is 40.8 Å². The number of hydrogen-bond acceptors (Lipinski definition) is 2. The number of aromatic nitrogens is 1. The third kappa shape index (κ3) is 2.37. The summed E-state index contributed by atoms with van der Waals surface area (Å²) in [6.07, 6.45) is 1.05. The van der Waals surface area contributed by atoms with Gasteiger partial charge in [0, 0.05) is 12.5 Å². The Bertz CT molecular complexity index is 818. The third-order valence-corrected chi connectivity index (χ3v) is 4.10. The smallest absolute Gasteiger partial charge is 0.385 e. The number of methoxy groups -OCH3 is 1. The second-order valence-corrected chi connectivity index (χ2v) is 5.66. The normalized spacial score (nSPS) is 11.1. The molecule has 0 atom stereocenters. The van der Waals surface area contributed by atoms with Crippen LogP contribution in [-0.2, 0) is 6.54 Å². The van der Waals surface area contributed by atoms with E-state index >= 15 is 0 Å². The fourth-order valence-corrected chi connectivity index (χ4v) is 2.80. The van der Waals surface area contributed by atoms with Crippen LogP contribution in [0.4, 0.5) is 0 Å². The molecule has 1 heterocycles. The van der Waals surface area contributed by atoms with E-state index in [4.69, 9.17) is 9.15 Å². The summed E-state index contributed by atoms with van der Waals surface area (Å²) in [5, 5.41) is 0. The Hall–Kier alpha value is -2.29. The number of ether oxygens (including phenoxy) is 1. The molecule has 0 aliphatic rings. The first-order valence-corrected chi connectivity index (χ1v) is 7.72. The molecule has 0 fully saturated rings. The molecule has 0 amide bonds. The molecule has 0 N–H and O–H groups in total. The van der Waals surface area contributed by atoms with Crippen molar-refractivity contribution in [1.29, 1.82) is 0 Å². The number of rotatable bonds is 4. The number of benzene rings is 2. The van der Waals surface area contributed by atoms with Gasteiger partial charge in [0.1, 0.15) is 11.3 Å². The number of fused-ring (bicyclic) bond motifs is 1. The summed E-state index contributed by atoms with van der Waals surface area (Å²) < 4.78 is 14.0. The van der Waals surface area contributed by atoms with Crippen molar-refractivity contribution in [3.05, 3.63) is 47.5 Å². The van der Waals surface area contributed by atoms with Gasteiger partial charge in [0.2, 0.25) is 5.58 Å². The Labute approximate surface area is 131 Å². The maximum atomic E-state index is 6.20. The molecule has 2 aromatic carbocycles. The number of nitrogens with zero attached hydrogens (tertiary/aromatic N) is 1. The number of hydrogen-bond donors (Lipinski definition) is 0. The Kier molecular flexibility index (Phi) is 3.88. The first-order chi connectivity index (χ1) is 10.7. The lowest BCUT2D eigenvalue weighted by Crippen LogP contribution is -2.34. The summed E-state index contributed by atoms with van der Waals surface area (Å²) in [5.41, 5.74) is 5.59. The van der Waals surface area contributed by atoms with E-state index in [1.54, 1.807) is 7.11 Å². The average Bonchev–Trinajstić information content (AvgIpc) is 2.86. The van der Waals surface area contributed by atoms with Crippen molar-refractivity contribution < 1.29 is 13.7 Å². The van der Waals surface area contributed by atoms with Crippen LogP contribution >= 0.6 is 0 Å². The zero-order valence-corrected chi connectivity index (χ0v) is 13.6. The van der Waals surface area contributed by atoms with Crippen molar-refractivity contribution in [2.45, 2.75) is 33.7 Å². The third-order valence-electron chi connectivity index (χ3n) is 4.10. The van der Waals surface area contributed by atoms with Gasteiger partial charge < -0.3 is 9.15 Å². The van der Waals surface area contributed by atoms with Crippen LogP contribution in [0, 0.1) is 13.8 Å². The van der Waals surface area contributed by atoms with E-state index in [0.717, 1.165) is 41.3 Å². The van der Waals surface area contributed by atoms with Crippen molar-refractivity contribution in [1.82, 2.24) is 0 Å². The molecule has 0 aliphatic heterocycles. The van der Waals surface area contributed by atoms with Crippen molar-refractivity contribution in [2.24, 2.45) is 0 Å². The van der Waals surface area contributed by atoms with Gasteiger partial charge in [0.05, 0.1) is 7.11 Å². The van der Waals surface area contributed by atoms with Gasteiger partial charge in [-0.1, -0.05) is 19.1 Å². The highest BCUT2D eigenvalue weighted by Crippen LogP contribution is 2.31. The topological polar surface area (TPSA) is 26.2 Å². The van der Waals surface area contributed by atoms with Crippen LogP contribution in [0.5, 0.6) is 5.75 Å². The molecule has 0 saturated carbocycles. The van der Waals surface area contributed by atoms with Crippen LogP contribution < -0.4 is 9.30 Å². The minimum Gasteiger partial charge on any atom is -0.496 e. The minimum absolute atomic E-state index is 0.833. The Balaban J connectivity index is 2.31. The molecule has 3 heteroatoms. The molecule has 0 aliphatic carbocycles. The molecule has 0 unspecified atom stereocenters. The van der Waals surface area contributed by atoms with Crippen LogP contribution in [0.25, 0.3) is 22.6 Å². The number of oxazole rings is 1. The average molecular weight is 296 g/mol. The van der Waals surface area contributed by atoms with E-state index in [2.05, 4.69) is 37.5 Å². The Morgan fingerprint density at radius 1 is 1.09 bits per heavy atom. The molecule has 1 aromatic heterocycles. The quantitative estimate of drug-likeness (QED) is 0.666. The van der Waals surface area contributed by atoms with Gasteiger partial charge in [0.25, 0.3) is 5.52 Å². The highest BCUT2D eigenvalue weighted by atomic mass is 16.5. The van der Waals surface area contributed by atoms with Crippen LogP contribution in [0.1, 0.15) is 24.5 Å². The van der Waals surface area contributed by atoms with E-state index in [-0.39, 0.29) is 0 Å². The molecular weight excluding hydrogens is 274 g/mol. The van der Waals surface area contributed by atoms with Crippen molar-refractivity contribution in [3.8, 4) is 17.2 Å². The van der Waals surface area contributed by atoms with E-state index in [9.17, 15) is 0 Å². The molecule has 0 bridgehead atoms. The number of aryl methyl sites for hydroxylation is 3. The molecular formula is C19H22NO2+. The fraction of sp³-hybridized carbons (Fsp3) is 0.316. The summed E-state index contributed by atoms with van der Waals surface area (Å²) in [6, 6.07) is 12.3. The highest BCUT2D eigenvalue weighted by Gasteiger charge is 2.26. The van der Waals surface area contributed by atoms with Gasteiger partial charge in [-0.05, 0) is 43.2 Å². The summed E-state index contributed by atoms with van der Waals surface area (Å²) >= 11 is 0. The Morgan fingerprint density at radius 2 is 1.82 bits per heavy atom. The van der Waals surface area contributed by atoms with E-state index in [0.29, 0.717) is 0 Å². The second-order valence-electron chi connectivity index (χ2n) is 5.66. The highest BCUT2D eigenvalue weighted by molar-refractivity contribution is 5.74. The van der Waals surface area contributed by atoms with Gasteiger partial charge in [-0.3, -0.25) is 0 Å². The maximum Gasteiger partial charge on any atom is 0.385 e. The lowest BCUT2D eigenvalue weighted by Gasteiger charge is -2.03. The first-order valence-electron chi connectivity index (χ1n) is 7.72. The van der Waals surface area contributed by atoms with E-state index in [1.165, 1.54) is 11.1 Å². The van der Waals surface area contributed by atoms with Crippen LogP contribution in [0.2, 0.25) is 0 Å². The molecule has 0 spiro atoms. The summed E-state index contributed by atoms with van der Waals surface area (Å²) in [4.78, 5) is 0. The first kappa shape index (κ1) is 14.6. The zero-order chi connectivity index (χ0) is 15.7. The van der Waals surface area contributed by atoms with E-state index < -0.39 is 0 Å². The standard InChI is InChI=1S/C19H22NO2/c1-5-10-20-16-11-13(2)14(3)12-18(16)22-19(20)15-8-6-7-9-17(15)21-4/h6-9,11-12H,5,10H2,1-4H3/q+1. The van der Waals surface area contributed by atoms with Crippen LogP contribution in [0.3, 0.4) is 0 Å². The van der Waals surface area contributed by atoms with Crippen molar-refractivity contribution in [2.75, 3.05) is 7.11 Å². The SMILES string of the molecule is CCC[n+]1c(-c2ccccc2OC)oc2cc(C)c(C)cc21. The molecule has 0 saturated heterocycles. The van der Waals surface area contributed by atoms with Gasteiger partial charge >= 0.3 is 5.89 Å². The van der Waals surface area contributed by atoms with Crippen molar-refractivity contribution >= 4 is 11.1 Å². The molecule has 3 nitrogen and oxygen atoms in total. The zero-order valence-electron chi connectivity index (χ0n) is 13.6.